The van der Waals surface area contributed by atoms with Gasteiger partial charge in [0.25, 0.3) is 0 Å². The zero-order chi connectivity index (χ0) is 13.5. The number of aromatic nitrogens is 1. The second kappa shape index (κ2) is 7.09. The van der Waals surface area contributed by atoms with Crippen LogP contribution in [0.4, 0.5) is 4.79 Å². The van der Waals surface area contributed by atoms with E-state index in [9.17, 15) is 4.79 Å². The highest BCUT2D eigenvalue weighted by Gasteiger charge is 2.31. The molecule has 2 amide bonds. The molecule has 5 nitrogen and oxygen atoms in total. The van der Waals surface area contributed by atoms with Gasteiger partial charge in [-0.05, 0) is 37.3 Å². The molecule has 104 valence electrons. The molecular formula is C14H21N3O2. The summed E-state index contributed by atoms with van der Waals surface area (Å²) in [6, 6.07) is 5.71. The summed E-state index contributed by atoms with van der Waals surface area (Å²) in [6.45, 7) is 0.689. The van der Waals surface area contributed by atoms with Crippen molar-refractivity contribution in [1.82, 2.24) is 15.6 Å². The Bertz CT molecular complexity index is 393. The number of hydrogen-bond acceptors (Lipinski definition) is 3. The van der Waals surface area contributed by atoms with Crippen LogP contribution in [0.3, 0.4) is 0 Å². The summed E-state index contributed by atoms with van der Waals surface area (Å²) in [5, 5.41) is 14.7. The molecule has 0 aromatic carbocycles. The largest absolute Gasteiger partial charge is 0.396 e. The van der Waals surface area contributed by atoms with Crippen LogP contribution < -0.4 is 10.6 Å². The fraction of sp³-hybridized carbons (Fsp3) is 0.571. The van der Waals surface area contributed by atoms with Crippen molar-refractivity contribution in [3.63, 3.8) is 0 Å². The molecule has 1 aromatic rings. The van der Waals surface area contributed by atoms with E-state index >= 15 is 0 Å². The number of carbonyl (C=O) groups is 1. The summed E-state index contributed by atoms with van der Waals surface area (Å²) in [5.41, 5.74) is 0.969. The first kappa shape index (κ1) is 13.8. The lowest BCUT2D eigenvalue weighted by molar-refractivity contribution is 0.225. The number of aliphatic hydroxyl groups excluding tert-OH is 1. The second-order valence-corrected chi connectivity index (χ2v) is 4.93. The lowest BCUT2D eigenvalue weighted by atomic mass is 10.1. The summed E-state index contributed by atoms with van der Waals surface area (Å²) < 4.78 is 0. The maximum absolute atomic E-state index is 11.7. The Kier molecular flexibility index (Phi) is 5.15. The number of amides is 2. The molecule has 1 saturated carbocycles. The van der Waals surface area contributed by atoms with Crippen molar-refractivity contribution < 1.29 is 9.90 Å². The SMILES string of the molecule is O=C(NCCc1ccccn1)N[C@@H](CCO)C1CC1. The Hall–Kier alpha value is -1.62. The van der Waals surface area contributed by atoms with Crippen molar-refractivity contribution >= 4 is 6.03 Å². The summed E-state index contributed by atoms with van der Waals surface area (Å²) in [7, 11) is 0. The standard InChI is InChI=1S/C14H21N3O2/c18-10-7-13(11-4-5-11)17-14(19)16-9-6-12-3-1-2-8-15-12/h1-3,8,11,13,18H,4-7,9-10H2,(H2,16,17,19)/t13-/m0/s1. The van der Waals surface area contributed by atoms with E-state index in [1.54, 1.807) is 6.20 Å². The van der Waals surface area contributed by atoms with Gasteiger partial charge in [-0.15, -0.1) is 0 Å². The van der Waals surface area contributed by atoms with E-state index in [2.05, 4.69) is 15.6 Å². The van der Waals surface area contributed by atoms with Crippen molar-refractivity contribution in [2.24, 2.45) is 5.92 Å². The second-order valence-electron chi connectivity index (χ2n) is 4.93. The molecule has 1 aliphatic carbocycles. The number of carbonyl (C=O) groups excluding carboxylic acids is 1. The van der Waals surface area contributed by atoms with E-state index in [1.807, 2.05) is 18.2 Å². The molecule has 0 radical (unpaired) electrons. The predicted octanol–water partition coefficient (Wildman–Crippen LogP) is 1.08. The average Bonchev–Trinajstić information content (AvgIpc) is 3.24. The molecule has 1 aliphatic rings. The Balaban J connectivity index is 1.66. The van der Waals surface area contributed by atoms with Gasteiger partial charge in [-0.3, -0.25) is 4.98 Å². The number of urea groups is 1. The van der Waals surface area contributed by atoms with Crippen LogP contribution in [0.1, 0.15) is 25.0 Å². The highest BCUT2D eigenvalue weighted by molar-refractivity contribution is 5.74. The summed E-state index contributed by atoms with van der Waals surface area (Å²) >= 11 is 0. The molecule has 0 aliphatic heterocycles. The zero-order valence-electron chi connectivity index (χ0n) is 11.0. The average molecular weight is 263 g/mol. The number of nitrogens with zero attached hydrogens (tertiary/aromatic N) is 1. The van der Waals surface area contributed by atoms with Crippen LogP contribution in [0.25, 0.3) is 0 Å². The van der Waals surface area contributed by atoms with E-state index < -0.39 is 0 Å². The highest BCUT2D eigenvalue weighted by atomic mass is 16.3. The molecule has 3 N–H and O–H groups in total. The van der Waals surface area contributed by atoms with Crippen LogP contribution in [0.2, 0.25) is 0 Å². The molecule has 0 saturated heterocycles. The number of nitrogens with one attached hydrogen (secondary N) is 2. The fourth-order valence-corrected chi connectivity index (χ4v) is 2.13. The van der Waals surface area contributed by atoms with E-state index in [0.717, 1.165) is 25.0 Å². The van der Waals surface area contributed by atoms with E-state index in [1.165, 1.54) is 0 Å². The van der Waals surface area contributed by atoms with Gasteiger partial charge < -0.3 is 15.7 Å². The maximum atomic E-state index is 11.7. The molecule has 19 heavy (non-hydrogen) atoms. The van der Waals surface area contributed by atoms with Gasteiger partial charge in [0.05, 0.1) is 0 Å². The minimum absolute atomic E-state index is 0.111. The number of hydrogen-bond donors (Lipinski definition) is 3. The molecule has 0 bridgehead atoms. The molecular weight excluding hydrogens is 242 g/mol. The molecule has 1 heterocycles. The molecule has 1 fully saturated rings. The fourth-order valence-electron chi connectivity index (χ4n) is 2.13. The van der Waals surface area contributed by atoms with Gasteiger partial charge in [0.1, 0.15) is 0 Å². The van der Waals surface area contributed by atoms with Gasteiger partial charge in [-0.2, -0.15) is 0 Å². The number of rotatable bonds is 7. The Labute approximate surface area is 113 Å². The number of aliphatic hydroxyl groups is 1. The Morgan fingerprint density at radius 3 is 2.95 bits per heavy atom. The first-order chi connectivity index (χ1) is 9.29. The van der Waals surface area contributed by atoms with Gasteiger partial charge in [0, 0.05) is 37.5 Å². The van der Waals surface area contributed by atoms with Gasteiger partial charge in [0.2, 0.25) is 0 Å². The van der Waals surface area contributed by atoms with Crippen molar-refractivity contribution in [3.05, 3.63) is 30.1 Å². The minimum atomic E-state index is -0.152. The maximum Gasteiger partial charge on any atom is 0.315 e. The third kappa shape index (κ3) is 4.87. The van der Waals surface area contributed by atoms with Crippen LogP contribution in [-0.2, 0) is 6.42 Å². The zero-order valence-corrected chi connectivity index (χ0v) is 11.0. The van der Waals surface area contributed by atoms with Crippen LogP contribution in [0.15, 0.2) is 24.4 Å². The van der Waals surface area contributed by atoms with Gasteiger partial charge in [-0.25, -0.2) is 4.79 Å². The van der Waals surface area contributed by atoms with E-state index in [0.29, 0.717) is 18.9 Å². The first-order valence-electron chi connectivity index (χ1n) is 6.84. The molecule has 0 unspecified atom stereocenters. The topological polar surface area (TPSA) is 74.2 Å². The van der Waals surface area contributed by atoms with E-state index in [-0.39, 0.29) is 18.7 Å². The van der Waals surface area contributed by atoms with Crippen LogP contribution >= 0.6 is 0 Å². The summed E-state index contributed by atoms with van der Waals surface area (Å²) in [4.78, 5) is 15.9. The van der Waals surface area contributed by atoms with Crippen molar-refractivity contribution in [1.29, 1.82) is 0 Å². The molecule has 2 rings (SSSR count). The summed E-state index contributed by atoms with van der Waals surface area (Å²) in [5.74, 6) is 0.550. The third-order valence-electron chi connectivity index (χ3n) is 3.34. The van der Waals surface area contributed by atoms with Crippen molar-refractivity contribution in [2.75, 3.05) is 13.2 Å². The predicted molar refractivity (Wildman–Crippen MR) is 72.7 cm³/mol. The quantitative estimate of drug-likeness (QED) is 0.689. The van der Waals surface area contributed by atoms with Crippen molar-refractivity contribution in [2.45, 2.75) is 31.7 Å². The number of pyridine rings is 1. The third-order valence-corrected chi connectivity index (χ3v) is 3.34. The Morgan fingerprint density at radius 1 is 1.47 bits per heavy atom. The van der Waals surface area contributed by atoms with Crippen LogP contribution in [0.5, 0.6) is 0 Å². The summed E-state index contributed by atoms with van der Waals surface area (Å²) in [6.07, 6.45) is 5.41. The monoisotopic (exact) mass is 263 g/mol. The van der Waals surface area contributed by atoms with Crippen LogP contribution in [0, 0.1) is 5.92 Å². The molecule has 1 aromatic heterocycles. The highest BCUT2D eigenvalue weighted by Crippen LogP contribution is 2.33. The van der Waals surface area contributed by atoms with Gasteiger partial charge >= 0.3 is 6.03 Å². The van der Waals surface area contributed by atoms with E-state index in [4.69, 9.17) is 5.11 Å². The normalized spacial score (nSPS) is 15.8. The Morgan fingerprint density at radius 2 is 2.32 bits per heavy atom. The molecule has 1 atom stereocenters. The molecule has 5 heteroatoms. The van der Waals surface area contributed by atoms with Crippen LogP contribution in [-0.4, -0.2) is 35.3 Å². The minimum Gasteiger partial charge on any atom is -0.396 e. The lowest BCUT2D eigenvalue weighted by Crippen LogP contribution is -2.44. The van der Waals surface area contributed by atoms with Gasteiger partial charge in [0.15, 0.2) is 0 Å². The first-order valence-corrected chi connectivity index (χ1v) is 6.84. The van der Waals surface area contributed by atoms with Crippen molar-refractivity contribution in [3.8, 4) is 0 Å². The van der Waals surface area contributed by atoms with Gasteiger partial charge in [-0.1, -0.05) is 6.07 Å². The molecule has 0 spiro atoms. The lowest BCUT2D eigenvalue weighted by Gasteiger charge is -2.17. The smallest absolute Gasteiger partial charge is 0.315 e.